The highest BCUT2D eigenvalue weighted by molar-refractivity contribution is 4.87. The molecule has 1 heterocycles. The van der Waals surface area contributed by atoms with E-state index in [4.69, 9.17) is 0 Å². The lowest BCUT2D eigenvalue weighted by Gasteiger charge is -2.32. The van der Waals surface area contributed by atoms with E-state index in [0.717, 1.165) is 38.3 Å². The van der Waals surface area contributed by atoms with Gasteiger partial charge in [-0.05, 0) is 38.1 Å². The first kappa shape index (κ1) is 8.52. The summed E-state index contributed by atoms with van der Waals surface area (Å²) in [6.07, 6.45) is 7.23. The summed E-state index contributed by atoms with van der Waals surface area (Å²) in [5.41, 5.74) is -0.360. The summed E-state index contributed by atoms with van der Waals surface area (Å²) in [4.78, 5) is 0. The molecule has 2 rings (SSSR count). The van der Waals surface area contributed by atoms with Gasteiger partial charge in [0.2, 0.25) is 0 Å². The molecule has 2 nitrogen and oxygen atoms in total. The minimum absolute atomic E-state index is 0.360. The molecule has 0 amide bonds. The van der Waals surface area contributed by atoms with Crippen LogP contribution in [-0.4, -0.2) is 23.8 Å². The Morgan fingerprint density at radius 3 is 2.83 bits per heavy atom. The van der Waals surface area contributed by atoms with E-state index < -0.39 is 0 Å². The SMILES string of the molecule is OC1(CCC2CC2)CCCNC1. The molecule has 2 heteroatoms. The Morgan fingerprint density at radius 2 is 2.25 bits per heavy atom. The average molecular weight is 169 g/mol. The van der Waals surface area contributed by atoms with Gasteiger partial charge < -0.3 is 10.4 Å². The van der Waals surface area contributed by atoms with E-state index >= 15 is 0 Å². The number of hydrogen-bond donors (Lipinski definition) is 2. The van der Waals surface area contributed by atoms with E-state index in [1.807, 2.05) is 0 Å². The average Bonchev–Trinajstić information content (AvgIpc) is 2.85. The van der Waals surface area contributed by atoms with E-state index in [1.165, 1.54) is 19.3 Å². The van der Waals surface area contributed by atoms with Gasteiger partial charge in [0.25, 0.3) is 0 Å². The fourth-order valence-corrected chi connectivity index (χ4v) is 2.04. The molecule has 2 aliphatic rings. The highest BCUT2D eigenvalue weighted by Crippen LogP contribution is 2.36. The second kappa shape index (κ2) is 3.35. The van der Waals surface area contributed by atoms with Crippen molar-refractivity contribution < 1.29 is 5.11 Å². The molecule has 0 radical (unpaired) electrons. The standard InChI is InChI=1S/C10H19NO/c12-10(5-1-7-11-8-10)6-4-9-2-3-9/h9,11-12H,1-8H2. The molecule has 1 aliphatic heterocycles. The topological polar surface area (TPSA) is 32.3 Å². The Balaban J connectivity index is 1.73. The normalized spacial score (nSPS) is 36.8. The fraction of sp³-hybridized carbons (Fsp3) is 1.00. The molecule has 1 aliphatic carbocycles. The second-order valence-electron chi connectivity index (χ2n) is 4.49. The van der Waals surface area contributed by atoms with E-state index in [-0.39, 0.29) is 5.60 Å². The summed E-state index contributed by atoms with van der Waals surface area (Å²) < 4.78 is 0. The van der Waals surface area contributed by atoms with Crippen LogP contribution in [0.4, 0.5) is 0 Å². The molecule has 70 valence electrons. The van der Waals surface area contributed by atoms with Crippen molar-refractivity contribution in [1.29, 1.82) is 0 Å². The van der Waals surface area contributed by atoms with Gasteiger partial charge in [0, 0.05) is 6.54 Å². The van der Waals surface area contributed by atoms with E-state index in [1.54, 1.807) is 0 Å². The first-order chi connectivity index (χ1) is 5.79. The van der Waals surface area contributed by atoms with Crippen molar-refractivity contribution in [3.63, 3.8) is 0 Å². The maximum absolute atomic E-state index is 10.1. The van der Waals surface area contributed by atoms with Crippen LogP contribution in [0.15, 0.2) is 0 Å². The van der Waals surface area contributed by atoms with Gasteiger partial charge >= 0.3 is 0 Å². The summed E-state index contributed by atoms with van der Waals surface area (Å²) in [5, 5.41) is 13.4. The Bertz CT molecular complexity index is 148. The minimum atomic E-state index is -0.360. The molecule has 1 saturated heterocycles. The van der Waals surface area contributed by atoms with Crippen molar-refractivity contribution in [3.05, 3.63) is 0 Å². The summed E-state index contributed by atoms with van der Waals surface area (Å²) in [6.45, 7) is 1.91. The summed E-state index contributed by atoms with van der Waals surface area (Å²) in [7, 11) is 0. The van der Waals surface area contributed by atoms with Crippen LogP contribution in [0.3, 0.4) is 0 Å². The zero-order valence-corrected chi connectivity index (χ0v) is 7.68. The number of piperidine rings is 1. The summed E-state index contributed by atoms with van der Waals surface area (Å²) in [6, 6.07) is 0. The second-order valence-corrected chi connectivity index (χ2v) is 4.49. The van der Waals surface area contributed by atoms with Gasteiger partial charge in [-0.25, -0.2) is 0 Å². The lowest BCUT2D eigenvalue weighted by atomic mass is 9.88. The van der Waals surface area contributed by atoms with Crippen LogP contribution in [-0.2, 0) is 0 Å². The quantitative estimate of drug-likeness (QED) is 0.667. The van der Waals surface area contributed by atoms with E-state index in [0.29, 0.717) is 0 Å². The third-order valence-corrected chi connectivity index (χ3v) is 3.16. The minimum Gasteiger partial charge on any atom is -0.389 e. The molecule has 1 saturated carbocycles. The van der Waals surface area contributed by atoms with Gasteiger partial charge in [0.15, 0.2) is 0 Å². The van der Waals surface area contributed by atoms with Gasteiger partial charge in [-0.3, -0.25) is 0 Å². The number of hydrogen-bond acceptors (Lipinski definition) is 2. The van der Waals surface area contributed by atoms with Gasteiger partial charge in [-0.15, -0.1) is 0 Å². The number of β-amino-alcohol motifs (C(OH)–C–C–N with tert-alkyl or cyclic N) is 1. The van der Waals surface area contributed by atoms with Crippen molar-refractivity contribution in [3.8, 4) is 0 Å². The van der Waals surface area contributed by atoms with Crippen LogP contribution in [0.2, 0.25) is 0 Å². The van der Waals surface area contributed by atoms with Crippen LogP contribution in [0.25, 0.3) is 0 Å². The Kier molecular flexibility index (Phi) is 2.37. The molecule has 0 aromatic heterocycles. The largest absolute Gasteiger partial charge is 0.389 e. The zero-order valence-electron chi connectivity index (χ0n) is 7.68. The maximum Gasteiger partial charge on any atom is 0.0772 e. The first-order valence-electron chi connectivity index (χ1n) is 5.22. The zero-order chi connectivity index (χ0) is 8.44. The first-order valence-corrected chi connectivity index (χ1v) is 5.22. The third kappa shape index (κ3) is 2.20. The van der Waals surface area contributed by atoms with Gasteiger partial charge in [0.1, 0.15) is 0 Å². The van der Waals surface area contributed by atoms with Crippen LogP contribution in [0.1, 0.15) is 38.5 Å². The number of nitrogens with one attached hydrogen (secondary N) is 1. The van der Waals surface area contributed by atoms with Crippen molar-refractivity contribution in [1.82, 2.24) is 5.32 Å². The number of rotatable bonds is 3. The van der Waals surface area contributed by atoms with Gasteiger partial charge in [-0.2, -0.15) is 0 Å². The molecule has 12 heavy (non-hydrogen) atoms. The molecular weight excluding hydrogens is 150 g/mol. The predicted molar refractivity (Wildman–Crippen MR) is 49.0 cm³/mol. The fourth-order valence-electron chi connectivity index (χ4n) is 2.04. The van der Waals surface area contributed by atoms with E-state index in [9.17, 15) is 5.11 Å². The van der Waals surface area contributed by atoms with Crippen LogP contribution >= 0.6 is 0 Å². The molecule has 0 spiro atoms. The molecule has 2 fully saturated rings. The van der Waals surface area contributed by atoms with Gasteiger partial charge in [-0.1, -0.05) is 12.8 Å². The molecule has 2 N–H and O–H groups in total. The molecule has 1 unspecified atom stereocenters. The summed E-state index contributed by atoms with van der Waals surface area (Å²) in [5.74, 6) is 0.955. The molecule has 0 aromatic carbocycles. The van der Waals surface area contributed by atoms with Crippen molar-refractivity contribution in [2.75, 3.05) is 13.1 Å². The summed E-state index contributed by atoms with van der Waals surface area (Å²) >= 11 is 0. The van der Waals surface area contributed by atoms with Crippen molar-refractivity contribution in [2.24, 2.45) is 5.92 Å². The highest BCUT2D eigenvalue weighted by atomic mass is 16.3. The van der Waals surface area contributed by atoms with Crippen LogP contribution in [0, 0.1) is 5.92 Å². The lowest BCUT2D eigenvalue weighted by molar-refractivity contribution is 0.00562. The van der Waals surface area contributed by atoms with Gasteiger partial charge in [0.05, 0.1) is 5.60 Å². The Morgan fingerprint density at radius 1 is 1.42 bits per heavy atom. The number of aliphatic hydroxyl groups is 1. The Labute approximate surface area is 74.4 Å². The molecule has 0 bridgehead atoms. The third-order valence-electron chi connectivity index (χ3n) is 3.16. The molecular formula is C10H19NO. The molecule has 1 atom stereocenters. The maximum atomic E-state index is 10.1. The van der Waals surface area contributed by atoms with Crippen molar-refractivity contribution >= 4 is 0 Å². The van der Waals surface area contributed by atoms with E-state index in [2.05, 4.69) is 5.32 Å². The molecule has 0 aromatic rings. The van der Waals surface area contributed by atoms with Crippen LogP contribution < -0.4 is 5.32 Å². The smallest absolute Gasteiger partial charge is 0.0772 e. The van der Waals surface area contributed by atoms with Crippen molar-refractivity contribution in [2.45, 2.75) is 44.1 Å². The predicted octanol–water partition coefficient (Wildman–Crippen LogP) is 1.29. The Hall–Kier alpha value is -0.0800. The lowest BCUT2D eigenvalue weighted by Crippen LogP contribution is -2.45. The highest BCUT2D eigenvalue weighted by Gasteiger charge is 2.31. The monoisotopic (exact) mass is 169 g/mol. The van der Waals surface area contributed by atoms with Crippen LogP contribution in [0.5, 0.6) is 0 Å².